The van der Waals surface area contributed by atoms with Gasteiger partial charge in [-0.05, 0) is 18.8 Å². The minimum absolute atomic E-state index is 0.0407. The number of aliphatic carboxylic acids is 2. The van der Waals surface area contributed by atoms with Crippen LogP contribution in [0.3, 0.4) is 0 Å². The molecule has 1 fully saturated rings. The zero-order valence-electron chi connectivity index (χ0n) is 10.1. The molecule has 0 aliphatic carbocycles. The van der Waals surface area contributed by atoms with Crippen molar-refractivity contribution in [3.8, 4) is 0 Å². The van der Waals surface area contributed by atoms with Crippen molar-refractivity contribution in [2.24, 2.45) is 5.92 Å². The highest BCUT2D eigenvalue weighted by atomic mass is 16.5. The lowest BCUT2D eigenvalue weighted by Gasteiger charge is -2.18. The number of rotatable bonds is 6. The fourth-order valence-corrected chi connectivity index (χ4v) is 1.81. The van der Waals surface area contributed by atoms with E-state index in [9.17, 15) is 14.4 Å². The van der Waals surface area contributed by atoms with Gasteiger partial charge in [0.2, 0.25) is 5.91 Å². The van der Waals surface area contributed by atoms with Crippen LogP contribution < -0.4 is 5.32 Å². The second-order valence-corrected chi connectivity index (χ2v) is 4.39. The molecule has 102 valence electrons. The fourth-order valence-electron chi connectivity index (χ4n) is 1.81. The normalized spacial score (nSPS) is 24.5. The van der Waals surface area contributed by atoms with Crippen LogP contribution in [-0.4, -0.2) is 46.8 Å². The predicted octanol–water partition coefficient (Wildman–Crippen LogP) is -0.154. The molecule has 3 atom stereocenters. The first kappa shape index (κ1) is 14.4. The summed E-state index contributed by atoms with van der Waals surface area (Å²) in [5.74, 6) is -2.78. The van der Waals surface area contributed by atoms with E-state index in [0.717, 1.165) is 6.42 Å². The molecular formula is C11H17NO6. The average molecular weight is 259 g/mol. The Kier molecular flexibility index (Phi) is 5.08. The summed E-state index contributed by atoms with van der Waals surface area (Å²) in [5, 5.41) is 19.7. The third-order valence-electron chi connectivity index (χ3n) is 2.91. The summed E-state index contributed by atoms with van der Waals surface area (Å²) in [5.41, 5.74) is 0. The lowest BCUT2D eigenvalue weighted by atomic mass is 10.0. The van der Waals surface area contributed by atoms with E-state index in [1.165, 1.54) is 0 Å². The highest BCUT2D eigenvalue weighted by Gasteiger charge is 2.33. The number of carboxylic acids is 2. The number of ether oxygens (including phenoxy) is 1. The van der Waals surface area contributed by atoms with Crippen LogP contribution in [0, 0.1) is 5.92 Å². The number of hydrogen-bond acceptors (Lipinski definition) is 4. The van der Waals surface area contributed by atoms with Crippen molar-refractivity contribution in [1.82, 2.24) is 5.32 Å². The maximum absolute atomic E-state index is 11.8. The second kappa shape index (κ2) is 6.34. The first-order chi connectivity index (χ1) is 8.41. The van der Waals surface area contributed by atoms with Crippen molar-refractivity contribution in [3.63, 3.8) is 0 Å². The topological polar surface area (TPSA) is 113 Å². The van der Waals surface area contributed by atoms with Crippen molar-refractivity contribution in [2.75, 3.05) is 6.61 Å². The number of nitrogens with one attached hydrogen (secondary N) is 1. The smallest absolute Gasteiger partial charge is 0.326 e. The number of carbonyl (C=O) groups is 3. The summed E-state index contributed by atoms with van der Waals surface area (Å²) < 4.78 is 5.21. The van der Waals surface area contributed by atoms with E-state index < -0.39 is 30.0 Å². The van der Waals surface area contributed by atoms with Gasteiger partial charge in [-0.1, -0.05) is 6.92 Å². The van der Waals surface area contributed by atoms with Crippen LogP contribution in [0.4, 0.5) is 0 Å². The van der Waals surface area contributed by atoms with Gasteiger partial charge >= 0.3 is 11.9 Å². The molecule has 7 heteroatoms. The van der Waals surface area contributed by atoms with Crippen LogP contribution in [0.2, 0.25) is 0 Å². The molecule has 1 rings (SSSR count). The molecule has 2 unspecified atom stereocenters. The third-order valence-corrected chi connectivity index (χ3v) is 2.91. The minimum Gasteiger partial charge on any atom is -0.481 e. The summed E-state index contributed by atoms with van der Waals surface area (Å²) in [6, 6.07) is -1.19. The van der Waals surface area contributed by atoms with E-state index in [0.29, 0.717) is 6.61 Å². The Hall–Kier alpha value is -1.63. The van der Waals surface area contributed by atoms with Crippen LogP contribution in [0.25, 0.3) is 0 Å². The number of carbonyl (C=O) groups excluding carboxylic acids is 1. The first-order valence-corrected chi connectivity index (χ1v) is 5.78. The largest absolute Gasteiger partial charge is 0.481 e. The van der Waals surface area contributed by atoms with E-state index >= 15 is 0 Å². The average Bonchev–Trinajstić information content (AvgIpc) is 2.69. The van der Waals surface area contributed by atoms with Gasteiger partial charge in [0, 0.05) is 13.0 Å². The molecule has 18 heavy (non-hydrogen) atoms. The molecule has 1 aliphatic rings. The molecule has 7 nitrogen and oxygen atoms in total. The fraction of sp³-hybridized carbons (Fsp3) is 0.727. The molecular weight excluding hydrogens is 242 g/mol. The predicted molar refractivity (Wildman–Crippen MR) is 60.0 cm³/mol. The summed E-state index contributed by atoms with van der Waals surface area (Å²) in [6.07, 6.45) is -0.336. The minimum atomic E-state index is -1.24. The van der Waals surface area contributed by atoms with Crippen molar-refractivity contribution >= 4 is 17.8 Å². The molecule has 1 amide bonds. The zero-order chi connectivity index (χ0) is 13.7. The monoisotopic (exact) mass is 259 g/mol. The lowest BCUT2D eigenvalue weighted by molar-refractivity contribution is -0.145. The first-order valence-electron chi connectivity index (χ1n) is 5.78. The van der Waals surface area contributed by atoms with Gasteiger partial charge in [0.15, 0.2) is 0 Å². The molecule has 0 saturated carbocycles. The van der Waals surface area contributed by atoms with Gasteiger partial charge in [0.1, 0.15) is 12.1 Å². The highest BCUT2D eigenvalue weighted by Crippen LogP contribution is 2.20. The molecule has 0 bridgehead atoms. The summed E-state index contributed by atoms with van der Waals surface area (Å²) >= 11 is 0. The highest BCUT2D eigenvalue weighted by molar-refractivity contribution is 5.86. The lowest BCUT2D eigenvalue weighted by Crippen LogP contribution is -2.46. The van der Waals surface area contributed by atoms with E-state index in [-0.39, 0.29) is 18.8 Å². The van der Waals surface area contributed by atoms with Crippen LogP contribution in [0.5, 0.6) is 0 Å². The Balaban J connectivity index is 2.52. The Morgan fingerprint density at radius 1 is 1.39 bits per heavy atom. The summed E-state index contributed by atoms with van der Waals surface area (Å²) in [6.45, 7) is 2.33. The third kappa shape index (κ3) is 3.99. The van der Waals surface area contributed by atoms with Crippen LogP contribution >= 0.6 is 0 Å². The van der Waals surface area contributed by atoms with Crippen molar-refractivity contribution in [2.45, 2.75) is 38.3 Å². The number of hydrogen-bond donors (Lipinski definition) is 3. The maximum Gasteiger partial charge on any atom is 0.326 e. The van der Waals surface area contributed by atoms with Gasteiger partial charge in [-0.3, -0.25) is 9.59 Å². The molecule has 0 aromatic rings. The zero-order valence-corrected chi connectivity index (χ0v) is 10.1. The van der Waals surface area contributed by atoms with Crippen molar-refractivity contribution in [1.29, 1.82) is 0 Å². The quantitative estimate of drug-likeness (QED) is 0.611. The van der Waals surface area contributed by atoms with Gasteiger partial charge in [-0.25, -0.2) is 4.79 Å². The van der Waals surface area contributed by atoms with E-state index in [1.807, 2.05) is 6.92 Å². The van der Waals surface area contributed by atoms with Gasteiger partial charge in [-0.15, -0.1) is 0 Å². The van der Waals surface area contributed by atoms with Gasteiger partial charge in [-0.2, -0.15) is 0 Å². The second-order valence-electron chi connectivity index (χ2n) is 4.39. The SMILES string of the molecule is CC1CCOC1C(=O)N[C@@H](CCC(=O)O)C(=O)O. The Labute approximate surface area is 104 Å². The van der Waals surface area contributed by atoms with Gasteiger partial charge in [0.25, 0.3) is 0 Å². The molecule has 1 saturated heterocycles. The van der Waals surface area contributed by atoms with Crippen molar-refractivity contribution < 1.29 is 29.3 Å². The molecule has 3 N–H and O–H groups in total. The van der Waals surface area contributed by atoms with E-state index in [1.54, 1.807) is 0 Å². The summed E-state index contributed by atoms with van der Waals surface area (Å²) in [4.78, 5) is 33.1. The van der Waals surface area contributed by atoms with E-state index in [2.05, 4.69) is 5.32 Å². The Morgan fingerprint density at radius 3 is 2.50 bits per heavy atom. The van der Waals surface area contributed by atoms with Crippen molar-refractivity contribution in [3.05, 3.63) is 0 Å². The van der Waals surface area contributed by atoms with Gasteiger partial charge < -0.3 is 20.3 Å². The van der Waals surface area contributed by atoms with E-state index in [4.69, 9.17) is 14.9 Å². The standard InChI is InChI=1S/C11H17NO6/c1-6-4-5-18-9(6)10(15)12-7(11(16)17)2-3-8(13)14/h6-7,9H,2-5H2,1H3,(H,12,15)(H,13,14)(H,16,17)/t6?,7-,9?/m0/s1. The molecule has 0 aromatic carbocycles. The molecule has 0 radical (unpaired) electrons. The van der Waals surface area contributed by atoms with Crippen LogP contribution in [0.1, 0.15) is 26.2 Å². The maximum atomic E-state index is 11.8. The Morgan fingerprint density at radius 2 is 2.06 bits per heavy atom. The molecule has 1 heterocycles. The molecule has 0 spiro atoms. The number of amides is 1. The van der Waals surface area contributed by atoms with Crippen LogP contribution in [0.15, 0.2) is 0 Å². The molecule has 0 aromatic heterocycles. The summed E-state index contributed by atoms with van der Waals surface area (Å²) in [7, 11) is 0. The molecule has 1 aliphatic heterocycles. The van der Waals surface area contributed by atoms with Crippen LogP contribution in [-0.2, 0) is 19.1 Å². The Bertz CT molecular complexity index is 342. The number of carboxylic acid groups (broad SMARTS) is 2. The van der Waals surface area contributed by atoms with Gasteiger partial charge in [0.05, 0.1) is 0 Å².